The van der Waals surface area contributed by atoms with E-state index in [4.69, 9.17) is 0 Å². The summed E-state index contributed by atoms with van der Waals surface area (Å²) in [5.74, 6) is 0.106. The first kappa shape index (κ1) is 16.1. The lowest BCUT2D eigenvalue weighted by atomic mass is 9.91. The number of hydrogen-bond acceptors (Lipinski definition) is 2. The molecule has 1 heterocycles. The molecule has 0 saturated carbocycles. The van der Waals surface area contributed by atoms with E-state index < -0.39 is 0 Å². The van der Waals surface area contributed by atoms with Gasteiger partial charge in [0, 0.05) is 24.5 Å². The minimum Gasteiger partial charge on any atom is -0.352 e. The Bertz CT molecular complexity index is 467. The van der Waals surface area contributed by atoms with Crippen molar-refractivity contribution in [3.8, 4) is 0 Å². The summed E-state index contributed by atoms with van der Waals surface area (Å²) in [6.45, 7) is 7.81. The van der Waals surface area contributed by atoms with Crippen LogP contribution in [0.2, 0.25) is 0 Å². The molecule has 2 N–H and O–H groups in total. The van der Waals surface area contributed by atoms with Crippen LogP contribution in [0.4, 0.5) is 0 Å². The zero-order valence-corrected chi connectivity index (χ0v) is 13.6. The second-order valence-electron chi connectivity index (χ2n) is 6.19. The second-order valence-corrected chi connectivity index (χ2v) is 6.19. The number of amides is 1. The summed E-state index contributed by atoms with van der Waals surface area (Å²) in [6, 6.07) is 0.717. The summed E-state index contributed by atoms with van der Waals surface area (Å²) in [4.78, 5) is 12.0. The predicted octanol–water partition coefficient (Wildman–Crippen LogP) is 2.78. The van der Waals surface area contributed by atoms with Crippen LogP contribution in [0.25, 0.3) is 0 Å². The van der Waals surface area contributed by atoms with Gasteiger partial charge in [-0.05, 0) is 56.7 Å². The van der Waals surface area contributed by atoms with Gasteiger partial charge >= 0.3 is 0 Å². The molecule has 0 spiro atoms. The van der Waals surface area contributed by atoms with Gasteiger partial charge in [0.15, 0.2) is 0 Å². The van der Waals surface area contributed by atoms with Crippen LogP contribution in [0, 0.1) is 0 Å². The van der Waals surface area contributed by atoms with E-state index in [2.05, 4.69) is 36.9 Å². The van der Waals surface area contributed by atoms with Gasteiger partial charge in [0.05, 0.1) is 0 Å². The van der Waals surface area contributed by atoms with Crippen LogP contribution in [0.3, 0.4) is 0 Å². The molecule has 21 heavy (non-hydrogen) atoms. The summed E-state index contributed by atoms with van der Waals surface area (Å²) < 4.78 is 2.05. The van der Waals surface area contributed by atoms with Crippen molar-refractivity contribution >= 4 is 5.91 Å². The Labute approximate surface area is 128 Å². The monoisotopic (exact) mass is 291 g/mol. The van der Waals surface area contributed by atoms with E-state index in [0.29, 0.717) is 12.6 Å². The molecule has 118 valence electrons. The van der Waals surface area contributed by atoms with Gasteiger partial charge in [-0.1, -0.05) is 13.8 Å². The molecule has 4 nitrogen and oxygen atoms in total. The van der Waals surface area contributed by atoms with Crippen LogP contribution in [-0.4, -0.2) is 23.1 Å². The lowest BCUT2D eigenvalue weighted by Gasteiger charge is -2.23. The molecule has 1 aliphatic carbocycles. The molecule has 1 amide bonds. The maximum absolute atomic E-state index is 12.0. The Morgan fingerprint density at radius 1 is 1.43 bits per heavy atom. The smallest absolute Gasteiger partial charge is 0.240 e. The van der Waals surface area contributed by atoms with E-state index in [1.54, 1.807) is 0 Å². The van der Waals surface area contributed by atoms with Gasteiger partial charge in [0.25, 0.3) is 0 Å². The number of nitrogens with one attached hydrogen (secondary N) is 2. The van der Waals surface area contributed by atoms with E-state index in [0.717, 1.165) is 25.8 Å². The molecule has 0 aliphatic heterocycles. The Balaban J connectivity index is 2.00. The highest BCUT2D eigenvalue weighted by Gasteiger charge is 2.21. The molecule has 1 aromatic rings. The molecule has 0 fully saturated rings. The number of hydrogen-bond donors (Lipinski definition) is 2. The van der Waals surface area contributed by atoms with Crippen molar-refractivity contribution in [1.29, 1.82) is 0 Å². The quantitative estimate of drug-likeness (QED) is 0.811. The molecule has 0 aromatic carbocycles. The maximum atomic E-state index is 12.0. The molecule has 2 rings (SSSR count). The number of nitrogens with zero attached hydrogens (tertiary/aromatic N) is 1. The minimum atomic E-state index is 0.106. The van der Waals surface area contributed by atoms with E-state index in [9.17, 15) is 4.79 Å². The summed E-state index contributed by atoms with van der Waals surface area (Å²) in [6.07, 6.45) is 10.0. The third-order valence-corrected chi connectivity index (χ3v) is 4.30. The molecule has 2 atom stereocenters. The number of rotatable bonds is 7. The van der Waals surface area contributed by atoms with Crippen molar-refractivity contribution in [1.82, 2.24) is 15.2 Å². The van der Waals surface area contributed by atoms with Crippen molar-refractivity contribution in [2.75, 3.05) is 6.54 Å². The maximum Gasteiger partial charge on any atom is 0.240 e. The molecule has 2 unspecified atom stereocenters. The Morgan fingerprint density at radius 3 is 2.95 bits per heavy atom. The molecular formula is C17H29N3O. The number of fused-ring (bicyclic) bond motifs is 1. The fraction of sp³-hybridized carbons (Fsp3) is 0.706. The highest BCUT2D eigenvalue weighted by atomic mass is 16.2. The van der Waals surface area contributed by atoms with E-state index >= 15 is 0 Å². The van der Waals surface area contributed by atoms with Gasteiger partial charge in [-0.2, -0.15) is 0 Å². The summed E-state index contributed by atoms with van der Waals surface area (Å²) in [7, 11) is 0. The lowest BCUT2D eigenvalue weighted by molar-refractivity contribution is -0.122. The number of aryl methyl sites for hydroxylation is 1. The molecule has 4 heteroatoms. The van der Waals surface area contributed by atoms with Crippen LogP contribution >= 0.6 is 0 Å². The Hall–Kier alpha value is -1.29. The number of aromatic nitrogens is 1. The van der Waals surface area contributed by atoms with E-state index in [1.165, 1.54) is 24.0 Å². The molecule has 0 saturated heterocycles. The van der Waals surface area contributed by atoms with Crippen molar-refractivity contribution in [3.63, 3.8) is 0 Å². The van der Waals surface area contributed by atoms with E-state index in [-0.39, 0.29) is 11.9 Å². The fourth-order valence-electron chi connectivity index (χ4n) is 2.96. The standard InChI is InChI=1S/C17H29N3O/c1-4-9-18-16-8-6-7-14-10-20(11-15(14)16)12-17(21)19-13(3)5-2/h10-11,13,16,18H,4-9,12H2,1-3H3,(H,19,21). The average molecular weight is 291 g/mol. The Morgan fingerprint density at radius 2 is 2.24 bits per heavy atom. The van der Waals surface area contributed by atoms with Crippen LogP contribution in [0.1, 0.15) is 63.6 Å². The molecule has 0 bridgehead atoms. The highest BCUT2D eigenvalue weighted by Crippen LogP contribution is 2.30. The van der Waals surface area contributed by atoms with Gasteiger partial charge in [0.2, 0.25) is 5.91 Å². The van der Waals surface area contributed by atoms with Crippen LogP contribution in [0.5, 0.6) is 0 Å². The fourth-order valence-corrected chi connectivity index (χ4v) is 2.96. The van der Waals surface area contributed by atoms with E-state index in [1.807, 2.05) is 11.5 Å². The SMILES string of the molecule is CCCNC1CCCc2cn(CC(=O)NC(C)CC)cc21. The van der Waals surface area contributed by atoms with Crippen LogP contribution in [0.15, 0.2) is 12.4 Å². The summed E-state index contributed by atoms with van der Waals surface area (Å²) >= 11 is 0. The molecule has 1 aromatic heterocycles. The minimum absolute atomic E-state index is 0.106. The van der Waals surface area contributed by atoms with Crippen LogP contribution in [-0.2, 0) is 17.8 Å². The second kappa shape index (κ2) is 7.64. The largest absolute Gasteiger partial charge is 0.352 e. The highest BCUT2D eigenvalue weighted by molar-refractivity contribution is 5.76. The molecule has 0 radical (unpaired) electrons. The van der Waals surface area contributed by atoms with Crippen molar-refractivity contribution in [2.45, 2.75) is 71.5 Å². The van der Waals surface area contributed by atoms with Crippen molar-refractivity contribution in [2.24, 2.45) is 0 Å². The topological polar surface area (TPSA) is 46.1 Å². The van der Waals surface area contributed by atoms with Crippen molar-refractivity contribution < 1.29 is 4.79 Å². The van der Waals surface area contributed by atoms with Crippen LogP contribution < -0.4 is 10.6 Å². The average Bonchev–Trinajstić information content (AvgIpc) is 2.87. The lowest BCUT2D eigenvalue weighted by Crippen LogP contribution is -2.34. The first-order valence-electron chi connectivity index (χ1n) is 8.35. The first-order valence-corrected chi connectivity index (χ1v) is 8.35. The van der Waals surface area contributed by atoms with Gasteiger partial charge in [0.1, 0.15) is 6.54 Å². The van der Waals surface area contributed by atoms with Gasteiger partial charge in [-0.15, -0.1) is 0 Å². The number of carbonyl (C=O) groups is 1. The normalized spacial score (nSPS) is 19.1. The molecule has 1 aliphatic rings. The Kier molecular flexibility index (Phi) is 5.85. The zero-order chi connectivity index (χ0) is 15.2. The predicted molar refractivity (Wildman–Crippen MR) is 86.3 cm³/mol. The third-order valence-electron chi connectivity index (χ3n) is 4.30. The van der Waals surface area contributed by atoms with Gasteiger partial charge in [-0.3, -0.25) is 4.79 Å². The molecular weight excluding hydrogens is 262 g/mol. The zero-order valence-electron chi connectivity index (χ0n) is 13.6. The first-order chi connectivity index (χ1) is 10.1. The summed E-state index contributed by atoms with van der Waals surface area (Å²) in [5.41, 5.74) is 2.80. The van der Waals surface area contributed by atoms with Crippen molar-refractivity contribution in [3.05, 3.63) is 23.5 Å². The summed E-state index contributed by atoms with van der Waals surface area (Å²) in [5, 5.41) is 6.65. The number of carbonyl (C=O) groups excluding carboxylic acids is 1. The van der Waals surface area contributed by atoms with Gasteiger partial charge in [-0.25, -0.2) is 0 Å². The van der Waals surface area contributed by atoms with Gasteiger partial charge < -0.3 is 15.2 Å². The third kappa shape index (κ3) is 4.34.